The van der Waals surface area contributed by atoms with E-state index in [4.69, 9.17) is 4.74 Å². The van der Waals surface area contributed by atoms with Crippen LogP contribution in [0.1, 0.15) is 51.6 Å². The summed E-state index contributed by atoms with van der Waals surface area (Å²) >= 11 is 3.53. The maximum atomic E-state index is 5.25. The monoisotopic (exact) mass is 313 g/mol. The molecule has 0 radical (unpaired) electrons. The average molecular weight is 314 g/mol. The van der Waals surface area contributed by atoms with E-state index in [0.717, 1.165) is 10.2 Å². The molecule has 0 fully saturated rings. The Hall–Kier alpha value is -0.540. The van der Waals surface area contributed by atoms with E-state index in [1.54, 1.807) is 7.11 Å². The molecule has 18 heavy (non-hydrogen) atoms. The molecular formula is C15H24BrNO. The van der Waals surface area contributed by atoms with Crippen molar-refractivity contribution in [2.75, 3.05) is 7.11 Å². The SMILES string of the molecule is CCCCC(C)NC(C)c1ccc(OC)c(Br)c1. The lowest BCUT2D eigenvalue weighted by molar-refractivity contribution is 0.411. The van der Waals surface area contributed by atoms with Crippen molar-refractivity contribution in [2.45, 2.75) is 52.1 Å². The minimum absolute atomic E-state index is 0.360. The molecule has 2 unspecified atom stereocenters. The van der Waals surface area contributed by atoms with E-state index < -0.39 is 0 Å². The van der Waals surface area contributed by atoms with Crippen LogP contribution in [0.4, 0.5) is 0 Å². The van der Waals surface area contributed by atoms with Gasteiger partial charge in [-0.05, 0) is 53.9 Å². The first-order valence-electron chi connectivity index (χ1n) is 6.68. The van der Waals surface area contributed by atoms with E-state index in [0.29, 0.717) is 12.1 Å². The molecule has 102 valence electrons. The molecule has 0 aromatic heterocycles. The molecule has 1 N–H and O–H groups in total. The molecule has 1 aromatic carbocycles. The second-order valence-corrected chi connectivity index (χ2v) is 5.68. The fourth-order valence-corrected chi connectivity index (χ4v) is 2.63. The molecule has 0 heterocycles. The van der Waals surface area contributed by atoms with Gasteiger partial charge in [-0.15, -0.1) is 0 Å². The molecule has 0 aliphatic carbocycles. The number of hydrogen-bond acceptors (Lipinski definition) is 2. The first-order chi connectivity index (χ1) is 8.58. The summed E-state index contributed by atoms with van der Waals surface area (Å²) < 4.78 is 6.26. The predicted octanol–water partition coefficient (Wildman–Crippen LogP) is 4.69. The van der Waals surface area contributed by atoms with Crippen molar-refractivity contribution in [2.24, 2.45) is 0 Å². The third kappa shape index (κ3) is 4.62. The first kappa shape index (κ1) is 15.5. The van der Waals surface area contributed by atoms with Gasteiger partial charge in [-0.3, -0.25) is 0 Å². The number of rotatable bonds is 7. The number of methoxy groups -OCH3 is 1. The number of hydrogen-bond donors (Lipinski definition) is 1. The van der Waals surface area contributed by atoms with E-state index in [-0.39, 0.29) is 0 Å². The Bertz CT molecular complexity index is 368. The minimum atomic E-state index is 0.360. The lowest BCUT2D eigenvalue weighted by Gasteiger charge is -2.21. The lowest BCUT2D eigenvalue weighted by Crippen LogP contribution is -2.28. The summed E-state index contributed by atoms with van der Waals surface area (Å²) in [6, 6.07) is 7.17. The number of unbranched alkanes of at least 4 members (excludes halogenated alkanes) is 1. The fraction of sp³-hybridized carbons (Fsp3) is 0.600. The standard InChI is InChI=1S/C15H24BrNO/c1-5-6-7-11(2)17-12(3)13-8-9-15(18-4)14(16)10-13/h8-12,17H,5-7H2,1-4H3. The summed E-state index contributed by atoms with van der Waals surface area (Å²) in [7, 11) is 1.69. The maximum Gasteiger partial charge on any atom is 0.133 e. The second-order valence-electron chi connectivity index (χ2n) is 4.83. The van der Waals surface area contributed by atoms with Crippen molar-refractivity contribution in [3.8, 4) is 5.75 Å². The molecule has 1 aromatic rings. The molecule has 0 saturated heterocycles. The Labute approximate surface area is 119 Å². The van der Waals surface area contributed by atoms with Crippen LogP contribution in [0.3, 0.4) is 0 Å². The van der Waals surface area contributed by atoms with E-state index >= 15 is 0 Å². The normalized spacial score (nSPS) is 14.3. The van der Waals surface area contributed by atoms with E-state index in [9.17, 15) is 0 Å². The summed E-state index contributed by atoms with van der Waals surface area (Å²) in [5.41, 5.74) is 1.28. The third-order valence-electron chi connectivity index (χ3n) is 3.20. The smallest absolute Gasteiger partial charge is 0.133 e. The van der Waals surface area contributed by atoms with E-state index in [1.165, 1.54) is 24.8 Å². The van der Waals surface area contributed by atoms with Gasteiger partial charge in [0.15, 0.2) is 0 Å². The van der Waals surface area contributed by atoms with Crippen molar-refractivity contribution in [3.63, 3.8) is 0 Å². The van der Waals surface area contributed by atoms with Gasteiger partial charge in [-0.2, -0.15) is 0 Å². The molecule has 0 bridgehead atoms. The van der Waals surface area contributed by atoms with Crippen molar-refractivity contribution in [1.29, 1.82) is 0 Å². The fourth-order valence-electron chi connectivity index (χ4n) is 2.07. The first-order valence-corrected chi connectivity index (χ1v) is 7.47. The Morgan fingerprint density at radius 2 is 2.06 bits per heavy atom. The summed E-state index contributed by atoms with van der Waals surface area (Å²) in [5, 5.41) is 3.63. The molecule has 0 aliphatic heterocycles. The highest BCUT2D eigenvalue weighted by Gasteiger charge is 2.11. The third-order valence-corrected chi connectivity index (χ3v) is 3.82. The molecule has 2 atom stereocenters. The maximum absolute atomic E-state index is 5.25. The Balaban J connectivity index is 2.61. The van der Waals surface area contributed by atoms with E-state index in [1.807, 2.05) is 6.07 Å². The number of ether oxygens (including phenoxy) is 1. The van der Waals surface area contributed by atoms with Crippen molar-refractivity contribution in [1.82, 2.24) is 5.32 Å². The van der Waals surface area contributed by atoms with Crippen LogP contribution in [0, 0.1) is 0 Å². The van der Waals surface area contributed by atoms with E-state index in [2.05, 4.69) is 54.2 Å². The Morgan fingerprint density at radius 3 is 2.61 bits per heavy atom. The molecule has 1 rings (SSSR count). The average Bonchev–Trinajstić information content (AvgIpc) is 2.36. The van der Waals surface area contributed by atoms with Crippen LogP contribution in [0.5, 0.6) is 5.75 Å². The highest BCUT2D eigenvalue weighted by Crippen LogP contribution is 2.28. The molecule has 0 aliphatic rings. The Kier molecular flexibility index (Phi) is 6.72. The zero-order valence-electron chi connectivity index (χ0n) is 11.8. The van der Waals surface area contributed by atoms with Crippen molar-refractivity contribution < 1.29 is 4.74 Å². The van der Waals surface area contributed by atoms with Gasteiger partial charge in [0.2, 0.25) is 0 Å². The minimum Gasteiger partial charge on any atom is -0.496 e. The molecular weight excluding hydrogens is 290 g/mol. The zero-order chi connectivity index (χ0) is 13.5. The molecule has 0 saturated carbocycles. The quantitative estimate of drug-likeness (QED) is 0.788. The number of benzene rings is 1. The van der Waals surface area contributed by atoms with Gasteiger partial charge in [0.25, 0.3) is 0 Å². The van der Waals surface area contributed by atoms with Crippen molar-refractivity contribution >= 4 is 15.9 Å². The topological polar surface area (TPSA) is 21.3 Å². The van der Waals surface area contributed by atoms with Crippen LogP contribution >= 0.6 is 15.9 Å². The summed E-state index contributed by atoms with van der Waals surface area (Å²) in [4.78, 5) is 0. The number of halogens is 1. The van der Waals surface area contributed by atoms with Crippen LogP contribution in [-0.4, -0.2) is 13.2 Å². The zero-order valence-corrected chi connectivity index (χ0v) is 13.4. The number of nitrogens with one attached hydrogen (secondary N) is 1. The van der Waals surface area contributed by atoms with Gasteiger partial charge in [0, 0.05) is 12.1 Å². The van der Waals surface area contributed by atoms with Gasteiger partial charge >= 0.3 is 0 Å². The molecule has 2 nitrogen and oxygen atoms in total. The molecule has 3 heteroatoms. The van der Waals surface area contributed by atoms with Gasteiger partial charge in [0.1, 0.15) is 5.75 Å². The molecule has 0 amide bonds. The van der Waals surface area contributed by atoms with Gasteiger partial charge < -0.3 is 10.1 Å². The Morgan fingerprint density at radius 1 is 1.33 bits per heavy atom. The summed E-state index contributed by atoms with van der Waals surface area (Å²) in [6.45, 7) is 6.69. The van der Waals surface area contributed by atoms with Crippen LogP contribution in [0.2, 0.25) is 0 Å². The lowest BCUT2D eigenvalue weighted by atomic mass is 10.1. The predicted molar refractivity (Wildman–Crippen MR) is 81.2 cm³/mol. The van der Waals surface area contributed by atoms with Crippen LogP contribution in [0.15, 0.2) is 22.7 Å². The largest absolute Gasteiger partial charge is 0.496 e. The second kappa shape index (κ2) is 7.80. The summed E-state index contributed by atoms with van der Waals surface area (Å²) in [5.74, 6) is 0.880. The van der Waals surface area contributed by atoms with Gasteiger partial charge in [0.05, 0.1) is 11.6 Å². The highest BCUT2D eigenvalue weighted by molar-refractivity contribution is 9.10. The van der Waals surface area contributed by atoms with Crippen LogP contribution in [0.25, 0.3) is 0 Å². The highest BCUT2D eigenvalue weighted by atomic mass is 79.9. The van der Waals surface area contributed by atoms with Gasteiger partial charge in [-0.25, -0.2) is 0 Å². The summed E-state index contributed by atoms with van der Waals surface area (Å²) in [6.07, 6.45) is 3.78. The van der Waals surface area contributed by atoms with Crippen LogP contribution < -0.4 is 10.1 Å². The van der Waals surface area contributed by atoms with Crippen molar-refractivity contribution in [3.05, 3.63) is 28.2 Å². The van der Waals surface area contributed by atoms with Gasteiger partial charge in [-0.1, -0.05) is 25.8 Å². The molecule has 0 spiro atoms. The van der Waals surface area contributed by atoms with Crippen LogP contribution in [-0.2, 0) is 0 Å².